The molecule has 0 unspecified atom stereocenters. The lowest BCUT2D eigenvalue weighted by Crippen LogP contribution is -2.26. The van der Waals surface area contributed by atoms with Crippen LogP contribution in [-0.4, -0.2) is 17.6 Å². The van der Waals surface area contributed by atoms with Crippen molar-refractivity contribution in [3.8, 4) is 5.75 Å². The van der Waals surface area contributed by atoms with E-state index in [1.807, 2.05) is 18.2 Å². The van der Waals surface area contributed by atoms with Crippen molar-refractivity contribution < 1.29 is 9.63 Å². The second-order valence-corrected chi connectivity index (χ2v) is 2.46. The Morgan fingerprint density at radius 2 is 2.08 bits per heavy atom. The molecule has 5 nitrogen and oxygen atoms in total. The maximum absolute atomic E-state index is 11.0. The molecule has 1 aliphatic rings. The number of hydrogen-bond donors (Lipinski definition) is 0. The molecular weight excluding hydrogens is 170 g/mol. The van der Waals surface area contributed by atoms with Gasteiger partial charge >= 0.3 is 5.91 Å². The Balaban J connectivity index is 2.06. The molecule has 1 aromatic rings. The van der Waals surface area contributed by atoms with Crippen LogP contribution in [0, 0.1) is 0 Å². The highest BCUT2D eigenvalue weighted by molar-refractivity contribution is 5.78. The molecule has 5 heteroatoms. The fourth-order valence-corrected chi connectivity index (χ4v) is 0.910. The molecular formula is C8H7N3O2. The smallest absolute Gasteiger partial charge is 0.305 e. The van der Waals surface area contributed by atoms with E-state index in [4.69, 9.17) is 4.84 Å². The number of nitrogens with zero attached hydrogens (tertiary/aromatic N) is 3. The molecule has 1 aromatic carbocycles. The van der Waals surface area contributed by atoms with Crippen LogP contribution in [0.2, 0.25) is 0 Å². The Bertz CT molecular complexity index is 337. The van der Waals surface area contributed by atoms with Gasteiger partial charge in [-0.2, -0.15) is 5.11 Å². The fourth-order valence-electron chi connectivity index (χ4n) is 0.910. The van der Waals surface area contributed by atoms with Gasteiger partial charge in [-0.1, -0.05) is 18.2 Å². The van der Waals surface area contributed by atoms with E-state index in [1.165, 1.54) is 0 Å². The highest BCUT2D eigenvalue weighted by Crippen LogP contribution is 2.12. The molecule has 0 aliphatic carbocycles. The van der Waals surface area contributed by atoms with Crippen molar-refractivity contribution in [3.63, 3.8) is 0 Å². The van der Waals surface area contributed by atoms with Gasteiger partial charge in [0.25, 0.3) is 0 Å². The standard InChI is InChI=1S/C8H7N3O2/c12-8-6-9-10-11(8)13-7-4-2-1-3-5-7/h1-5H,6H2. The van der Waals surface area contributed by atoms with Crippen LogP contribution in [0.4, 0.5) is 0 Å². The Labute approximate surface area is 74.6 Å². The van der Waals surface area contributed by atoms with Crippen molar-refractivity contribution in [1.82, 2.24) is 5.17 Å². The Kier molecular flexibility index (Phi) is 1.91. The van der Waals surface area contributed by atoms with Crippen molar-refractivity contribution in [3.05, 3.63) is 30.3 Å². The van der Waals surface area contributed by atoms with Crippen molar-refractivity contribution in [2.24, 2.45) is 10.3 Å². The normalized spacial score (nSPS) is 15.1. The largest absolute Gasteiger partial charge is 0.353 e. The van der Waals surface area contributed by atoms with E-state index in [0.717, 1.165) is 5.17 Å². The molecule has 0 bridgehead atoms. The zero-order valence-corrected chi connectivity index (χ0v) is 6.75. The summed E-state index contributed by atoms with van der Waals surface area (Å²) in [5.74, 6) is 0.306. The van der Waals surface area contributed by atoms with Gasteiger partial charge in [0, 0.05) is 0 Å². The second kappa shape index (κ2) is 3.22. The summed E-state index contributed by atoms with van der Waals surface area (Å²) in [5.41, 5.74) is 0. The van der Waals surface area contributed by atoms with Crippen LogP contribution >= 0.6 is 0 Å². The highest BCUT2D eigenvalue weighted by atomic mass is 16.7. The summed E-state index contributed by atoms with van der Waals surface area (Å²) in [4.78, 5) is 16.1. The lowest BCUT2D eigenvalue weighted by Gasteiger charge is -2.09. The van der Waals surface area contributed by atoms with Gasteiger partial charge in [0.05, 0.1) is 0 Å². The lowest BCUT2D eigenvalue weighted by atomic mass is 10.3. The van der Waals surface area contributed by atoms with E-state index >= 15 is 0 Å². The fraction of sp³-hybridized carbons (Fsp3) is 0.125. The summed E-state index contributed by atoms with van der Waals surface area (Å²) in [6.45, 7) is 0.0623. The van der Waals surface area contributed by atoms with Gasteiger partial charge in [0.15, 0.2) is 5.75 Å². The average molecular weight is 177 g/mol. The van der Waals surface area contributed by atoms with Gasteiger partial charge in [-0.05, 0) is 22.5 Å². The topological polar surface area (TPSA) is 54.3 Å². The number of benzene rings is 1. The minimum absolute atomic E-state index is 0.0623. The molecule has 13 heavy (non-hydrogen) atoms. The molecule has 2 rings (SSSR count). The molecule has 66 valence electrons. The summed E-state index contributed by atoms with van der Waals surface area (Å²) >= 11 is 0. The molecule has 0 aromatic heterocycles. The quantitative estimate of drug-likeness (QED) is 0.681. The molecule has 1 amide bonds. The zero-order valence-electron chi connectivity index (χ0n) is 6.75. The molecule has 0 atom stereocenters. The lowest BCUT2D eigenvalue weighted by molar-refractivity contribution is -0.152. The highest BCUT2D eigenvalue weighted by Gasteiger charge is 2.20. The monoisotopic (exact) mass is 177 g/mol. The molecule has 0 N–H and O–H groups in total. The Morgan fingerprint density at radius 1 is 1.31 bits per heavy atom. The van der Waals surface area contributed by atoms with Crippen LogP contribution in [0.25, 0.3) is 0 Å². The third-order valence-electron chi connectivity index (χ3n) is 1.50. The van der Waals surface area contributed by atoms with Crippen molar-refractivity contribution >= 4 is 5.91 Å². The summed E-state index contributed by atoms with van der Waals surface area (Å²) in [6, 6.07) is 8.96. The SMILES string of the molecule is O=C1CN=NN1Oc1ccccc1. The molecule has 0 fully saturated rings. The van der Waals surface area contributed by atoms with Crippen molar-refractivity contribution in [1.29, 1.82) is 0 Å². The van der Waals surface area contributed by atoms with Gasteiger partial charge < -0.3 is 4.84 Å². The predicted octanol–water partition coefficient (Wildman–Crippen LogP) is 1.19. The van der Waals surface area contributed by atoms with E-state index in [-0.39, 0.29) is 12.5 Å². The van der Waals surface area contributed by atoms with Crippen molar-refractivity contribution in [2.45, 2.75) is 0 Å². The number of amides is 1. The summed E-state index contributed by atoms with van der Waals surface area (Å²) in [7, 11) is 0. The van der Waals surface area contributed by atoms with Crippen LogP contribution in [0.3, 0.4) is 0 Å². The summed E-state index contributed by atoms with van der Waals surface area (Å²) in [5, 5.41) is 7.90. The van der Waals surface area contributed by atoms with E-state index < -0.39 is 0 Å². The van der Waals surface area contributed by atoms with Crippen LogP contribution in [0.15, 0.2) is 40.7 Å². The third kappa shape index (κ3) is 1.64. The predicted molar refractivity (Wildman–Crippen MR) is 43.6 cm³/mol. The van der Waals surface area contributed by atoms with E-state index in [0.29, 0.717) is 5.75 Å². The van der Waals surface area contributed by atoms with E-state index in [9.17, 15) is 4.79 Å². The molecule has 0 saturated carbocycles. The van der Waals surface area contributed by atoms with Crippen LogP contribution in [0.1, 0.15) is 0 Å². The number of hydrogen-bond acceptors (Lipinski definition) is 4. The van der Waals surface area contributed by atoms with E-state index in [2.05, 4.69) is 10.3 Å². The first-order chi connectivity index (χ1) is 6.36. The Morgan fingerprint density at radius 3 is 2.69 bits per heavy atom. The average Bonchev–Trinajstić information content (AvgIpc) is 2.54. The number of hydroxylamine groups is 1. The minimum Gasteiger partial charge on any atom is -0.353 e. The van der Waals surface area contributed by atoms with Gasteiger partial charge in [0.2, 0.25) is 0 Å². The summed E-state index contributed by atoms with van der Waals surface area (Å²) in [6.07, 6.45) is 0. The first kappa shape index (κ1) is 7.72. The van der Waals surface area contributed by atoms with Crippen LogP contribution < -0.4 is 4.84 Å². The van der Waals surface area contributed by atoms with Gasteiger partial charge in [-0.25, -0.2) is 0 Å². The summed E-state index contributed by atoms with van der Waals surface area (Å²) < 4.78 is 0. The van der Waals surface area contributed by atoms with Crippen molar-refractivity contribution in [2.75, 3.05) is 6.54 Å². The maximum Gasteiger partial charge on any atom is 0.305 e. The molecule has 1 heterocycles. The number of para-hydroxylation sites is 1. The number of carbonyl (C=O) groups excluding carboxylic acids is 1. The molecule has 1 aliphatic heterocycles. The van der Waals surface area contributed by atoms with Crippen LogP contribution in [-0.2, 0) is 4.79 Å². The van der Waals surface area contributed by atoms with Gasteiger partial charge in [-0.3, -0.25) is 4.79 Å². The first-order valence-corrected chi connectivity index (χ1v) is 3.79. The van der Waals surface area contributed by atoms with E-state index in [1.54, 1.807) is 12.1 Å². The Hall–Kier alpha value is -1.91. The van der Waals surface area contributed by atoms with Gasteiger partial charge in [-0.15, -0.1) is 0 Å². The minimum atomic E-state index is -0.260. The number of rotatable bonds is 2. The third-order valence-corrected chi connectivity index (χ3v) is 1.50. The second-order valence-electron chi connectivity index (χ2n) is 2.46. The molecule has 0 spiro atoms. The zero-order chi connectivity index (χ0) is 9.10. The first-order valence-electron chi connectivity index (χ1n) is 3.79. The van der Waals surface area contributed by atoms with Gasteiger partial charge in [0.1, 0.15) is 6.54 Å². The van der Waals surface area contributed by atoms with Crippen LogP contribution in [0.5, 0.6) is 5.75 Å². The molecule has 0 radical (unpaired) electrons. The maximum atomic E-state index is 11.0. The number of carbonyl (C=O) groups is 1. The molecule has 0 saturated heterocycles.